The van der Waals surface area contributed by atoms with Gasteiger partial charge >= 0.3 is 0 Å². The molecule has 0 aromatic heterocycles. The summed E-state index contributed by atoms with van der Waals surface area (Å²) in [4.78, 5) is 0. The summed E-state index contributed by atoms with van der Waals surface area (Å²) in [6, 6.07) is 1.34. The number of hydrogen-bond acceptors (Lipinski definition) is 4. The van der Waals surface area contributed by atoms with Crippen LogP contribution in [0.5, 0.6) is 0 Å². The fourth-order valence-electron chi connectivity index (χ4n) is 1.60. The van der Waals surface area contributed by atoms with E-state index in [2.05, 4.69) is 50.2 Å². The highest BCUT2D eigenvalue weighted by atomic mass is 33.1. The molecule has 2 nitrogen and oxygen atoms in total. The maximum atomic E-state index is 2.54. The van der Waals surface area contributed by atoms with E-state index in [1.807, 2.05) is 22.0 Å². The Morgan fingerprint density at radius 3 is 1.28 bits per heavy atom. The molecule has 0 saturated heterocycles. The zero-order valence-corrected chi connectivity index (χ0v) is 14.7. The van der Waals surface area contributed by atoms with E-state index in [-0.39, 0.29) is 0 Å². The molecular weight excluding hydrogens is 260 g/mol. The molecule has 0 bridgehead atoms. The highest BCUT2D eigenvalue weighted by molar-refractivity contribution is 8.74. The number of hydrogen-bond donors (Lipinski definition) is 0. The topological polar surface area (TPSA) is 6.48 Å². The van der Waals surface area contributed by atoms with Crippen molar-refractivity contribution in [2.24, 2.45) is 0 Å². The number of rotatable bonds is 11. The minimum atomic E-state index is 0.669. The van der Waals surface area contributed by atoms with Gasteiger partial charge in [0.15, 0.2) is 0 Å². The van der Waals surface area contributed by atoms with Crippen LogP contribution in [0.2, 0.25) is 0 Å². The molecule has 0 heterocycles. The van der Waals surface area contributed by atoms with Gasteiger partial charge in [-0.15, -0.1) is 0 Å². The molecule has 4 heteroatoms. The molecule has 0 amide bonds. The highest BCUT2D eigenvalue weighted by Crippen LogP contribution is 2.34. The van der Waals surface area contributed by atoms with E-state index in [1.165, 1.54) is 38.8 Å². The van der Waals surface area contributed by atoms with Crippen molar-refractivity contribution < 1.29 is 0 Å². The van der Waals surface area contributed by atoms with Crippen molar-refractivity contribution in [3.8, 4) is 0 Å². The normalized spacial score (nSPS) is 15.3. The van der Waals surface area contributed by atoms with E-state index in [0.29, 0.717) is 12.1 Å². The van der Waals surface area contributed by atoms with Gasteiger partial charge in [0, 0.05) is 47.1 Å². The summed E-state index contributed by atoms with van der Waals surface area (Å²) in [5, 5.41) is 0. The van der Waals surface area contributed by atoms with Crippen LogP contribution in [0.4, 0.5) is 0 Å². The zero-order chi connectivity index (χ0) is 14.0. The molecular formula is C14H32N2S2. The summed E-state index contributed by atoms with van der Waals surface area (Å²) < 4.78 is 5.07. The summed E-state index contributed by atoms with van der Waals surface area (Å²) in [6.45, 7) is 16.1. The van der Waals surface area contributed by atoms with Gasteiger partial charge < -0.3 is 0 Å². The summed E-state index contributed by atoms with van der Waals surface area (Å²) in [6.07, 6.45) is 4.92. The first kappa shape index (κ1) is 18.6. The van der Waals surface area contributed by atoms with Crippen molar-refractivity contribution in [2.75, 3.05) is 13.1 Å². The van der Waals surface area contributed by atoms with E-state index >= 15 is 0 Å². The molecule has 2 atom stereocenters. The van der Waals surface area contributed by atoms with Crippen LogP contribution >= 0.6 is 22.0 Å². The Bertz CT molecular complexity index is 171. The van der Waals surface area contributed by atoms with Crippen molar-refractivity contribution in [3.63, 3.8) is 0 Å². The van der Waals surface area contributed by atoms with Crippen LogP contribution in [-0.2, 0) is 0 Å². The summed E-state index contributed by atoms with van der Waals surface area (Å²) >= 11 is 0. The van der Waals surface area contributed by atoms with Gasteiger partial charge in [-0.05, 0) is 39.5 Å². The lowest BCUT2D eigenvalue weighted by Gasteiger charge is -2.31. The van der Waals surface area contributed by atoms with Gasteiger partial charge in [0.25, 0.3) is 0 Å². The fraction of sp³-hybridized carbons (Fsp3) is 1.00. The molecule has 0 radical (unpaired) electrons. The third-order valence-corrected chi connectivity index (χ3v) is 6.16. The molecule has 0 spiro atoms. The van der Waals surface area contributed by atoms with Crippen LogP contribution in [0.3, 0.4) is 0 Å². The lowest BCUT2D eigenvalue weighted by molar-refractivity contribution is 0.360. The first-order valence-electron chi connectivity index (χ1n) is 7.48. The first-order valence-corrected chi connectivity index (χ1v) is 9.54. The predicted molar refractivity (Wildman–Crippen MR) is 88.7 cm³/mol. The summed E-state index contributed by atoms with van der Waals surface area (Å²) in [5.74, 6) is 0. The first-order chi connectivity index (χ1) is 8.60. The van der Waals surface area contributed by atoms with Crippen LogP contribution in [0, 0.1) is 0 Å². The molecule has 110 valence electrons. The van der Waals surface area contributed by atoms with E-state index in [9.17, 15) is 0 Å². The van der Waals surface area contributed by atoms with Crippen LogP contribution in [-0.4, -0.2) is 33.8 Å². The summed E-state index contributed by atoms with van der Waals surface area (Å²) in [7, 11) is 3.89. The molecule has 0 rings (SSSR count). The maximum Gasteiger partial charge on any atom is 0.0180 e. The fourth-order valence-corrected chi connectivity index (χ4v) is 4.72. The third kappa shape index (κ3) is 7.27. The van der Waals surface area contributed by atoms with Crippen molar-refractivity contribution >= 4 is 22.0 Å². The lowest BCUT2D eigenvalue weighted by atomic mass is 10.2. The maximum absolute atomic E-state index is 2.54. The Morgan fingerprint density at radius 1 is 0.722 bits per heavy atom. The van der Waals surface area contributed by atoms with Gasteiger partial charge in [-0.25, -0.2) is 8.61 Å². The monoisotopic (exact) mass is 292 g/mol. The Kier molecular flexibility index (Phi) is 11.8. The Labute approximate surface area is 123 Å². The Balaban J connectivity index is 4.26. The van der Waals surface area contributed by atoms with Gasteiger partial charge in [0.05, 0.1) is 0 Å². The molecule has 0 aromatic rings. The number of nitrogens with zero attached hydrogens (tertiary/aromatic N) is 2. The second kappa shape index (κ2) is 11.4. The molecule has 2 unspecified atom stereocenters. The Hall–Kier alpha value is 0.620. The Morgan fingerprint density at radius 2 is 1.06 bits per heavy atom. The van der Waals surface area contributed by atoms with Crippen LogP contribution in [0.15, 0.2) is 0 Å². The van der Waals surface area contributed by atoms with Crippen molar-refractivity contribution in [1.29, 1.82) is 0 Å². The molecule has 0 aromatic carbocycles. The smallest absolute Gasteiger partial charge is 0.0180 e. The molecule has 0 saturated carbocycles. The van der Waals surface area contributed by atoms with Gasteiger partial charge in [0.1, 0.15) is 0 Å². The van der Waals surface area contributed by atoms with Gasteiger partial charge in [-0.3, -0.25) is 0 Å². The van der Waals surface area contributed by atoms with Crippen LogP contribution in [0.25, 0.3) is 0 Å². The van der Waals surface area contributed by atoms with Crippen molar-refractivity contribution in [2.45, 2.75) is 79.3 Å². The highest BCUT2D eigenvalue weighted by Gasteiger charge is 2.17. The molecule has 0 aliphatic heterocycles. The minimum Gasteiger partial charge on any atom is -0.237 e. The summed E-state index contributed by atoms with van der Waals surface area (Å²) in [5.41, 5.74) is 0. The molecule has 0 aliphatic rings. The largest absolute Gasteiger partial charge is 0.237 e. The SMILES string of the molecule is CCCN(SSN(CCC)C(C)CC)C(C)CC. The average molecular weight is 293 g/mol. The lowest BCUT2D eigenvalue weighted by Crippen LogP contribution is -2.30. The average Bonchev–Trinajstić information content (AvgIpc) is 2.40. The molecule has 0 fully saturated rings. The molecule has 18 heavy (non-hydrogen) atoms. The van der Waals surface area contributed by atoms with E-state index in [0.717, 1.165) is 0 Å². The second-order valence-corrected chi connectivity index (χ2v) is 7.08. The van der Waals surface area contributed by atoms with E-state index in [1.54, 1.807) is 0 Å². The molecule has 0 aliphatic carbocycles. The van der Waals surface area contributed by atoms with Crippen molar-refractivity contribution in [1.82, 2.24) is 8.61 Å². The van der Waals surface area contributed by atoms with Gasteiger partial charge in [0.2, 0.25) is 0 Å². The standard InChI is InChI=1S/C14H32N2S2/c1-7-11-15(13(5)9-3)17-18-16(12-8-2)14(6)10-4/h13-14H,7-12H2,1-6H3. The van der Waals surface area contributed by atoms with Crippen LogP contribution < -0.4 is 0 Å². The predicted octanol–water partition coefficient (Wildman–Crippen LogP) is 5.22. The van der Waals surface area contributed by atoms with Crippen molar-refractivity contribution in [3.05, 3.63) is 0 Å². The van der Waals surface area contributed by atoms with E-state index < -0.39 is 0 Å². The third-order valence-electron chi connectivity index (χ3n) is 3.28. The van der Waals surface area contributed by atoms with Gasteiger partial charge in [-0.1, -0.05) is 27.7 Å². The zero-order valence-electron chi connectivity index (χ0n) is 13.1. The quantitative estimate of drug-likeness (QED) is 0.380. The van der Waals surface area contributed by atoms with E-state index in [4.69, 9.17) is 0 Å². The second-order valence-electron chi connectivity index (χ2n) is 4.94. The molecule has 0 N–H and O–H groups in total. The van der Waals surface area contributed by atoms with Crippen LogP contribution in [0.1, 0.15) is 67.2 Å². The van der Waals surface area contributed by atoms with Gasteiger partial charge in [-0.2, -0.15) is 0 Å². The minimum absolute atomic E-state index is 0.669.